The number of anilines is 1. The van der Waals surface area contributed by atoms with E-state index in [0.29, 0.717) is 0 Å². The lowest BCUT2D eigenvalue weighted by Crippen LogP contribution is -2.26. The highest BCUT2D eigenvalue weighted by Crippen LogP contribution is 2.19. The van der Waals surface area contributed by atoms with E-state index in [1.165, 1.54) is 18.2 Å². The zero-order valence-electron chi connectivity index (χ0n) is 9.81. The van der Waals surface area contributed by atoms with E-state index >= 15 is 0 Å². The average Bonchev–Trinajstić information content (AvgIpc) is 2.80. The van der Waals surface area contributed by atoms with Crippen molar-refractivity contribution in [2.45, 2.75) is 13.0 Å². The topological polar surface area (TPSA) is 55.1 Å². The molecule has 0 aliphatic rings. The summed E-state index contributed by atoms with van der Waals surface area (Å²) in [6, 6.07) is 7.56. The van der Waals surface area contributed by atoms with Gasteiger partial charge >= 0.3 is 0 Å². The second kappa shape index (κ2) is 5.18. The summed E-state index contributed by atoms with van der Waals surface area (Å²) in [5.41, 5.74) is 5.98. The number of nitrogen functional groups attached to an aromatic ring is 1. The largest absolute Gasteiger partial charge is 0.399 e. The number of rotatable bonds is 3. The Bertz CT molecular complexity index is 534. The molecule has 3 nitrogen and oxygen atoms in total. The van der Waals surface area contributed by atoms with Gasteiger partial charge in [-0.15, -0.1) is 11.3 Å². The van der Waals surface area contributed by atoms with Crippen molar-refractivity contribution >= 4 is 22.9 Å². The van der Waals surface area contributed by atoms with Crippen molar-refractivity contribution in [2.24, 2.45) is 0 Å². The van der Waals surface area contributed by atoms with Gasteiger partial charge in [0.05, 0.1) is 6.04 Å². The summed E-state index contributed by atoms with van der Waals surface area (Å²) in [7, 11) is 0. The van der Waals surface area contributed by atoms with E-state index in [0.717, 1.165) is 4.88 Å². The molecule has 1 atom stereocenters. The van der Waals surface area contributed by atoms with Crippen molar-refractivity contribution in [1.29, 1.82) is 0 Å². The Hall–Kier alpha value is -1.88. The fourth-order valence-corrected chi connectivity index (χ4v) is 2.37. The minimum absolute atomic E-state index is 0.109. The summed E-state index contributed by atoms with van der Waals surface area (Å²) in [5, 5.41) is 4.74. The molecule has 1 aromatic heterocycles. The number of nitrogens with one attached hydrogen (secondary N) is 1. The molecular formula is C13H13FN2OS. The fourth-order valence-electron chi connectivity index (χ4n) is 1.63. The Morgan fingerprint density at radius 2 is 2.22 bits per heavy atom. The van der Waals surface area contributed by atoms with Gasteiger partial charge in [0.25, 0.3) is 5.91 Å². The summed E-state index contributed by atoms with van der Waals surface area (Å²) in [6.07, 6.45) is 0. The Balaban J connectivity index is 2.12. The third-order valence-corrected chi connectivity index (χ3v) is 3.55. The van der Waals surface area contributed by atoms with Crippen LogP contribution in [0.2, 0.25) is 0 Å². The maximum atomic E-state index is 13.1. The Morgan fingerprint density at radius 3 is 2.83 bits per heavy atom. The first-order chi connectivity index (χ1) is 8.56. The van der Waals surface area contributed by atoms with Gasteiger partial charge in [0.1, 0.15) is 5.82 Å². The van der Waals surface area contributed by atoms with Crippen molar-refractivity contribution in [2.75, 3.05) is 5.73 Å². The molecule has 0 aliphatic carbocycles. The number of halogens is 1. The number of carbonyl (C=O) groups is 1. The van der Waals surface area contributed by atoms with Crippen LogP contribution in [0.5, 0.6) is 0 Å². The van der Waals surface area contributed by atoms with Crippen molar-refractivity contribution < 1.29 is 9.18 Å². The molecule has 0 bridgehead atoms. The summed E-state index contributed by atoms with van der Waals surface area (Å²) in [5.74, 6) is -0.842. The van der Waals surface area contributed by atoms with E-state index < -0.39 is 5.82 Å². The van der Waals surface area contributed by atoms with Gasteiger partial charge in [-0.2, -0.15) is 0 Å². The molecule has 2 aromatic rings. The lowest BCUT2D eigenvalue weighted by Gasteiger charge is -2.12. The van der Waals surface area contributed by atoms with Crippen LogP contribution in [-0.4, -0.2) is 5.91 Å². The quantitative estimate of drug-likeness (QED) is 0.837. The van der Waals surface area contributed by atoms with Gasteiger partial charge in [0.2, 0.25) is 0 Å². The van der Waals surface area contributed by atoms with Crippen molar-refractivity contribution in [3.63, 3.8) is 0 Å². The lowest BCUT2D eigenvalue weighted by atomic mass is 10.1. The molecule has 1 unspecified atom stereocenters. The van der Waals surface area contributed by atoms with Gasteiger partial charge in [-0.1, -0.05) is 6.07 Å². The van der Waals surface area contributed by atoms with E-state index in [2.05, 4.69) is 5.32 Å². The highest BCUT2D eigenvalue weighted by molar-refractivity contribution is 7.10. The van der Waals surface area contributed by atoms with E-state index in [-0.39, 0.29) is 23.2 Å². The molecule has 0 spiro atoms. The first kappa shape index (κ1) is 12.6. The number of hydrogen-bond donors (Lipinski definition) is 2. The van der Waals surface area contributed by atoms with Gasteiger partial charge in [0, 0.05) is 16.1 Å². The van der Waals surface area contributed by atoms with Crippen LogP contribution in [0.25, 0.3) is 0 Å². The average molecular weight is 264 g/mol. The molecule has 1 aromatic carbocycles. The molecule has 0 aliphatic heterocycles. The van der Waals surface area contributed by atoms with Crippen LogP contribution in [0.15, 0.2) is 35.7 Å². The maximum Gasteiger partial charge on any atom is 0.251 e. The molecule has 18 heavy (non-hydrogen) atoms. The van der Waals surface area contributed by atoms with Gasteiger partial charge < -0.3 is 11.1 Å². The zero-order valence-corrected chi connectivity index (χ0v) is 10.6. The minimum atomic E-state index is -0.510. The zero-order chi connectivity index (χ0) is 13.1. The van der Waals surface area contributed by atoms with Crippen molar-refractivity contribution in [1.82, 2.24) is 5.32 Å². The highest BCUT2D eigenvalue weighted by atomic mass is 32.1. The number of thiophene rings is 1. The van der Waals surface area contributed by atoms with E-state index in [9.17, 15) is 9.18 Å². The maximum absolute atomic E-state index is 13.1. The Kier molecular flexibility index (Phi) is 3.62. The molecular weight excluding hydrogens is 251 g/mol. The molecule has 1 heterocycles. The van der Waals surface area contributed by atoms with Crippen LogP contribution in [0.3, 0.4) is 0 Å². The van der Waals surface area contributed by atoms with Crippen LogP contribution < -0.4 is 11.1 Å². The molecule has 94 valence electrons. The molecule has 5 heteroatoms. The number of nitrogens with two attached hydrogens (primary N) is 1. The summed E-state index contributed by atoms with van der Waals surface area (Å²) < 4.78 is 13.1. The molecule has 0 saturated carbocycles. The summed E-state index contributed by atoms with van der Waals surface area (Å²) in [6.45, 7) is 1.88. The van der Waals surface area contributed by atoms with Gasteiger partial charge in [-0.25, -0.2) is 4.39 Å². The van der Waals surface area contributed by atoms with Crippen LogP contribution in [0.4, 0.5) is 10.1 Å². The predicted molar refractivity (Wildman–Crippen MR) is 71.0 cm³/mol. The first-order valence-electron chi connectivity index (χ1n) is 5.46. The first-order valence-corrected chi connectivity index (χ1v) is 6.34. The summed E-state index contributed by atoms with van der Waals surface area (Å²) >= 11 is 1.56. The second-order valence-corrected chi connectivity index (χ2v) is 4.96. The number of amides is 1. The molecule has 0 saturated heterocycles. The predicted octanol–water partition coefficient (Wildman–Crippen LogP) is 2.96. The number of hydrogen-bond acceptors (Lipinski definition) is 3. The number of benzene rings is 1. The van der Waals surface area contributed by atoms with E-state index in [4.69, 9.17) is 5.73 Å². The van der Waals surface area contributed by atoms with Crippen molar-refractivity contribution in [3.05, 3.63) is 52.0 Å². The normalized spacial score (nSPS) is 12.1. The minimum Gasteiger partial charge on any atom is -0.399 e. The molecule has 2 rings (SSSR count). The van der Waals surface area contributed by atoms with E-state index in [1.54, 1.807) is 11.3 Å². The number of carbonyl (C=O) groups excluding carboxylic acids is 1. The smallest absolute Gasteiger partial charge is 0.251 e. The Labute approximate surface area is 108 Å². The molecule has 3 N–H and O–H groups in total. The third-order valence-electron chi connectivity index (χ3n) is 2.50. The van der Waals surface area contributed by atoms with Gasteiger partial charge in [0.15, 0.2) is 0 Å². The monoisotopic (exact) mass is 264 g/mol. The molecule has 0 radical (unpaired) electrons. The fraction of sp³-hybridized carbons (Fsp3) is 0.154. The summed E-state index contributed by atoms with van der Waals surface area (Å²) in [4.78, 5) is 13.0. The molecule has 0 fully saturated rings. The highest BCUT2D eigenvalue weighted by Gasteiger charge is 2.13. The van der Waals surface area contributed by atoms with Crippen LogP contribution in [0.1, 0.15) is 28.2 Å². The van der Waals surface area contributed by atoms with Gasteiger partial charge in [-0.3, -0.25) is 4.79 Å². The standard InChI is InChI=1S/C13H13FN2OS/c1-8(12-3-2-4-18-12)16-13(17)9-5-10(14)7-11(15)6-9/h2-8H,15H2,1H3,(H,16,17). The lowest BCUT2D eigenvalue weighted by molar-refractivity contribution is 0.0940. The SMILES string of the molecule is CC(NC(=O)c1cc(N)cc(F)c1)c1cccs1. The third kappa shape index (κ3) is 2.87. The van der Waals surface area contributed by atoms with Gasteiger partial charge in [-0.05, 0) is 36.6 Å². The molecule has 1 amide bonds. The second-order valence-electron chi connectivity index (χ2n) is 3.98. The van der Waals surface area contributed by atoms with Crippen molar-refractivity contribution in [3.8, 4) is 0 Å². The van der Waals surface area contributed by atoms with E-state index in [1.807, 2.05) is 24.4 Å². The van der Waals surface area contributed by atoms with Crippen LogP contribution >= 0.6 is 11.3 Å². The Morgan fingerprint density at radius 1 is 1.44 bits per heavy atom. The van der Waals surface area contributed by atoms with Crippen LogP contribution in [-0.2, 0) is 0 Å². The van der Waals surface area contributed by atoms with Crippen LogP contribution in [0, 0.1) is 5.82 Å².